The molecule has 1 amide bonds. The lowest BCUT2D eigenvalue weighted by Crippen LogP contribution is -2.45. The van der Waals surface area contributed by atoms with E-state index in [-0.39, 0.29) is 46.6 Å². The zero-order valence-electron chi connectivity index (χ0n) is 18.7. The Morgan fingerprint density at radius 3 is 2.51 bits per heavy atom. The number of amides is 1. The van der Waals surface area contributed by atoms with Crippen molar-refractivity contribution in [3.8, 4) is 23.2 Å². The predicted octanol–water partition coefficient (Wildman–Crippen LogP) is 3.35. The number of benzene rings is 1. The SMILES string of the molecule is CN1CC[C@](C#Cc2cccc(-c3nc(C(F)(F)F)c4ccnc(N)c4n3)c2)(OC(=O)C(F)(F)F)C1=O. The predicted molar refractivity (Wildman–Crippen MR) is 116 cm³/mol. The summed E-state index contributed by atoms with van der Waals surface area (Å²) in [6.45, 7) is -0.0146. The van der Waals surface area contributed by atoms with E-state index in [9.17, 15) is 35.9 Å². The molecule has 3 aromatic rings. The van der Waals surface area contributed by atoms with Gasteiger partial charge in [0.05, 0.1) is 0 Å². The van der Waals surface area contributed by atoms with E-state index in [1.54, 1.807) is 0 Å². The zero-order valence-corrected chi connectivity index (χ0v) is 18.7. The van der Waals surface area contributed by atoms with Crippen LogP contribution in [-0.4, -0.2) is 57.1 Å². The van der Waals surface area contributed by atoms with Crippen LogP contribution in [0, 0.1) is 11.8 Å². The molecule has 8 nitrogen and oxygen atoms in total. The van der Waals surface area contributed by atoms with Crippen molar-refractivity contribution in [3.63, 3.8) is 0 Å². The first kappa shape index (κ1) is 25.7. The smallest absolute Gasteiger partial charge is 0.429 e. The maximum Gasteiger partial charge on any atom is 0.490 e. The van der Waals surface area contributed by atoms with Gasteiger partial charge in [-0.25, -0.2) is 19.7 Å². The van der Waals surface area contributed by atoms with Crippen LogP contribution in [0.4, 0.5) is 32.2 Å². The molecule has 0 bridgehead atoms. The minimum absolute atomic E-state index is 0.0146. The summed E-state index contributed by atoms with van der Waals surface area (Å²) < 4.78 is 84.0. The third kappa shape index (κ3) is 4.97. The first-order valence-electron chi connectivity index (χ1n) is 10.4. The van der Waals surface area contributed by atoms with Crippen LogP contribution in [0.3, 0.4) is 0 Å². The number of aromatic nitrogens is 3. The van der Waals surface area contributed by atoms with Crippen LogP contribution in [0.2, 0.25) is 0 Å². The van der Waals surface area contributed by atoms with Crippen molar-refractivity contribution in [2.45, 2.75) is 24.4 Å². The molecular weight excluding hydrogens is 508 g/mol. The standard InChI is InChI=1S/C23H15F6N5O3/c1-34-10-8-21(19(34)35,37-20(36)23(27,28)29)7-5-12-3-2-4-13(11-12)18-32-15-14(6-9-31-17(15)30)16(33-18)22(24,25)26/h2-4,6,9,11H,8,10H2,1H3,(H2,30,31)/t21-/m0/s1. The van der Waals surface area contributed by atoms with Gasteiger partial charge in [-0.15, -0.1) is 0 Å². The number of hydrogen-bond acceptors (Lipinski definition) is 7. The Morgan fingerprint density at radius 1 is 1.16 bits per heavy atom. The summed E-state index contributed by atoms with van der Waals surface area (Å²) in [7, 11) is 1.31. The highest BCUT2D eigenvalue weighted by molar-refractivity contribution is 5.94. The van der Waals surface area contributed by atoms with Gasteiger partial charge in [-0.1, -0.05) is 18.1 Å². The number of fused-ring (bicyclic) bond motifs is 1. The number of ether oxygens (including phenoxy) is 1. The van der Waals surface area contributed by atoms with E-state index in [4.69, 9.17) is 5.73 Å². The lowest BCUT2D eigenvalue weighted by atomic mass is 10.0. The van der Waals surface area contributed by atoms with Crippen LogP contribution in [0.5, 0.6) is 0 Å². The van der Waals surface area contributed by atoms with Crippen molar-refractivity contribution in [2.75, 3.05) is 19.3 Å². The Bertz CT molecular complexity index is 1480. The Labute approximate surface area is 204 Å². The molecule has 192 valence electrons. The summed E-state index contributed by atoms with van der Waals surface area (Å²) in [4.78, 5) is 36.6. The molecule has 4 rings (SSSR count). The highest BCUT2D eigenvalue weighted by Crippen LogP contribution is 2.35. The van der Waals surface area contributed by atoms with Gasteiger partial charge in [-0.3, -0.25) is 4.79 Å². The fraction of sp³-hybridized carbons (Fsp3) is 0.261. The molecule has 1 fully saturated rings. The normalized spacial score (nSPS) is 18.0. The fourth-order valence-corrected chi connectivity index (χ4v) is 3.62. The monoisotopic (exact) mass is 523 g/mol. The van der Waals surface area contributed by atoms with Crippen molar-refractivity contribution in [1.82, 2.24) is 19.9 Å². The van der Waals surface area contributed by atoms with E-state index in [0.29, 0.717) is 0 Å². The Kier molecular flexibility index (Phi) is 6.19. The van der Waals surface area contributed by atoms with Crippen molar-refractivity contribution in [2.24, 2.45) is 0 Å². The average molecular weight is 523 g/mol. The van der Waals surface area contributed by atoms with Gasteiger partial charge < -0.3 is 15.4 Å². The number of anilines is 1. The number of alkyl halides is 6. The number of esters is 1. The van der Waals surface area contributed by atoms with Crippen LogP contribution >= 0.6 is 0 Å². The van der Waals surface area contributed by atoms with Crippen molar-refractivity contribution in [3.05, 3.63) is 47.8 Å². The molecule has 14 heteroatoms. The maximum atomic E-state index is 13.7. The van der Waals surface area contributed by atoms with Crippen molar-refractivity contribution in [1.29, 1.82) is 0 Å². The van der Waals surface area contributed by atoms with Crippen molar-refractivity contribution < 1.29 is 40.7 Å². The van der Waals surface area contributed by atoms with Crippen molar-refractivity contribution >= 4 is 28.6 Å². The van der Waals surface area contributed by atoms with Gasteiger partial charge in [-0.2, -0.15) is 26.3 Å². The Hall–Kier alpha value is -4.41. The quantitative estimate of drug-likeness (QED) is 0.312. The highest BCUT2D eigenvalue weighted by Gasteiger charge is 2.53. The molecule has 1 saturated heterocycles. The number of nitrogens with two attached hydrogens (primary N) is 1. The zero-order chi connectivity index (χ0) is 27.2. The minimum Gasteiger partial charge on any atom is -0.429 e. The van der Waals surface area contributed by atoms with Gasteiger partial charge in [0.2, 0.25) is 0 Å². The van der Waals surface area contributed by atoms with Crippen LogP contribution in [0.15, 0.2) is 36.5 Å². The highest BCUT2D eigenvalue weighted by atomic mass is 19.4. The fourth-order valence-electron chi connectivity index (χ4n) is 3.62. The van der Waals surface area contributed by atoms with E-state index in [0.717, 1.165) is 17.2 Å². The summed E-state index contributed by atoms with van der Waals surface area (Å²) in [5, 5.41) is -0.350. The molecule has 2 N–H and O–H groups in total. The number of likely N-dealkylation sites (tertiary alicyclic amines) is 1. The molecule has 2 aromatic heterocycles. The third-order valence-corrected chi connectivity index (χ3v) is 5.43. The van der Waals surface area contributed by atoms with E-state index in [1.807, 2.05) is 0 Å². The summed E-state index contributed by atoms with van der Waals surface area (Å²) in [6, 6.07) is 6.51. The summed E-state index contributed by atoms with van der Waals surface area (Å²) in [5.41, 5.74) is 2.03. The molecular formula is C23H15F6N5O3. The van der Waals surface area contributed by atoms with Gasteiger partial charge in [0.1, 0.15) is 11.3 Å². The number of nitrogen functional groups attached to an aromatic ring is 1. The molecule has 1 aromatic carbocycles. The summed E-state index contributed by atoms with van der Waals surface area (Å²) in [6.07, 6.45) is -9.41. The molecule has 3 heterocycles. The molecule has 0 saturated carbocycles. The number of pyridine rings is 1. The third-order valence-electron chi connectivity index (χ3n) is 5.43. The number of hydrogen-bond donors (Lipinski definition) is 1. The second kappa shape index (κ2) is 8.91. The van der Waals surface area contributed by atoms with Gasteiger partial charge >= 0.3 is 18.3 Å². The van der Waals surface area contributed by atoms with E-state index >= 15 is 0 Å². The number of carbonyl (C=O) groups is 2. The number of likely N-dealkylation sites (N-methyl/N-ethyl adjacent to an activating group) is 1. The lowest BCUT2D eigenvalue weighted by Gasteiger charge is -2.22. The molecule has 1 aliphatic rings. The number of nitrogens with zero attached hydrogens (tertiary/aromatic N) is 4. The Morgan fingerprint density at radius 2 is 1.89 bits per heavy atom. The van der Waals surface area contributed by atoms with Gasteiger partial charge in [0.15, 0.2) is 11.5 Å². The van der Waals surface area contributed by atoms with E-state index in [2.05, 4.69) is 31.5 Å². The van der Waals surface area contributed by atoms with Crippen LogP contribution in [0.1, 0.15) is 17.7 Å². The average Bonchev–Trinajstić information content (AvgIpc) is 3.10. The Balaban J connectivity index is 1.78. The molecule has 1 aliphatic heterocycles. The van der Waals surface area contributed by atoms with Gasteiger partial charge in [0.25, 0.3) is 11.5 Å². The summed E-state index contributed by atoms with van der Waals surface area (Å²) >= 11 is 0. The number of rotatable bonds is 2. The van der Waals surface area contributed by atoms with Gasteiger partial charge in [-0.05, 0) is 24.1 Å². The first-order chi connectivity index (χ1) is 17.2. The molecule has 0 aliphatic carbocycles. The lowest BCUT2D eigenvalue weighted by molar-refractivity contribution is -0.209. The van der Waals surface area contributed by atoms with E-state index < -0.39 is 35.5 Å². The van der Waals surface area contributed by atoms with Gasteiger partial charge in [0, 0.05) is 42.7 Å². The molecule has 0 radical (unpaired) electrons. The molecule has 37 heavy (non-hydrogen) atoms. The second-order valence-corrected chi connectivity index (χ2v) is 8.01. The topological polar surface area (TPSA) is 111 Å². The van der Waals surface area contributed by atoms with E-state index in [1.165, 1.54) is 31.3 Å². The number of halogens is 6. The molecule has 1 atom stereocenters. The first-order valence-corrected chi connectivity index (χ1v) is 10.4. The minimum atomic E-state index is -5.35. The van der Waals surface area contributed by atoms with Crippen LogP contribution in [-0.2, 0) is 20.5 Å². The van der Waals surface area contributed by atoms with Crippen LogP contribution in [0.25, 0.3) is 22.3 Å². The largest absolute Gasteiger partial charge is 0.490 e. The summed E-state index contributed by atoms with van der Waals surface area (Å²) in [5.74, 6) is 0.667. The second-order valence-electron chi connectivity index (χ2n) is 8.01. The molecule has 0 spiro atoms. The number of carbonyl (C=O) groups excluding carboxylic acids is 2. The molecule has 0 unspecified atom stereocenters. The maximum absolute atomic E-state index is 13.7. The van der Waals surface area contributed by atoms with Crippen LogP contribution < -0.4 is 5.73 Å².